The minimum Gasteiger partial charge on any atom is -0.356 e. The lowest BCUT2D eigenvalue weighted by molar-refractivity contribution is -0.124. The van der Waals surface area contributed by atoms with Crippen LogP contribution < -0.4 is 10.6 Å². The molecule has 0 bridgehead atoms. The average molecular weight is 336 g/mol. The van der Waals surface area contributed by atoms with Crippen molar-refractivity contribution in [1.82, 2.24) is 10.6 Å². The lowest BCUT2D eigenvalue weighted by atomic mass is 10.0. The van der Waals surface area contributed by atoms with Gasteiger partial charge in [-0.05, 0) is 56.2 Å². The molecule has 0 unspecified atom stereocenters. The molecular formula is C18H22F2N2O2. The number of amides is 2. The Morgan fingerprint density at radius 3 is 2.58 bits per heavy atom. The van der Waals surface area contributed by atoms with E-state index in [-0.39, 0.29) is 35.6 Å². The maximum Gasteiger partial charge on any atom is 0.223 e. The van der Waals surface area contributed by atoms with Crippen LogP contribution in [-0.2, 0) is 9.59 Å². The third kappa shape index (κ3) is 4.52. The predicted octanol–water partition coefficient (Wildman–Crippen LogP) is 2.84. The third-order valence-corrected chi connectivity index (χ3v) is 4.53. The molecule has 0 heterocycles. The van der Waals surface area contributed by atoms with Crippen molar-refractivity contribution in [3.63, 3.8) is 0 Å². The fourth-order valence-corrected chi connectivity index (χ4v) is 2.83. The van der Waals surface area contributed by atoms with Crippen LogP contribution in [0.5, 0.6) is 0 Å². The molecule has 130 valence electrons. The van der Waals surface area contributed by atoms with E-state index < -0.39 is 17.7 Å². The van der Waals surface area contributed by atoms with Gasteiger partial charge in [0.2, 0.25) is 11.8 Å². The number of carbonyl (C=O) groups excluding carboxylic acids is 2. The Kier molecular flexibility index (Phi) is 5.11. The summed E-state index contributed by atoms with van der Waals surface area (Å²) in [6.07, 6.45) is 4.50. The summed E-state index contributed by atoms with van der Waals surface area (Å²) >= 11 is 0. The Hall–Kier alpha value is -1.98. The minimum atomic E-state index is -0.505. The second-order valence-corrected chi connectivity index (χ2v) is 6.72. The topological polar surface area (TPSA) is 58.2 Å². The van der Waals surface area contributed by atoms with Crippen molar-refractivity contribution < 1.29 is 18.4 Å². The third-order valence-electron chi connectivity index (χ3n) is 4.53. The molecule has 2 N–H and O–H groups in total. The van der Waals surface area contributed by atoms with Crippen molar-refractivity contribution >= 4 is 11.8 Å². The summed E-state index contributed by atoms with van der Waals surface area (Å²) in [5.41, 5.74) is 0.216. The van der Waals surface area contributed by atoms with Crippen molar-refractivity contribution in [1.29, 1.82) is 0 Å². The zero-order valence-corrected chi connectivity index (χ0v) is 13.5. The molecule has 2 aliphatic carbocycles. The van der Waals surface area contributed by atoms with Gasteiger partial charge in [0.1, 0.15) is 11.6 Å². The highest BCUT2D eigenvalue weighted by Crippen LogP contribution is 2.41. The van der Waals surface area contributed by atoms with E-state index in [9.17, 15) is 18.4 Å². The summed E-state index contributed by atoms with van der Waals surface area (Å²) in [4.78, 5) is 23.6. The van der Waals surface area contributed by atoms with Gasteiger partial charge in [0.15, 0.2) is 0 Å². The van der Waals surface area contributed by atoms with Crippen LogP contribution in [0.15, 0.2) is 18.2 Å². The molecule has 3 rings (SSSR count). The number of carbonyl (C=O) groups is 2. The smallest absolute Gasteiger partial charge is 0.223 e. The first-order chi connectivity index (χ1) is 11.5. The molecule has 0 aliphatic heterocycles. The van der Waals surface area contributed by atoms with Crippen LogP contribution in [-0.4, -0.2) is 18.4 Å². The van der Waals surface area contributed by atoms with Gasteiger partial charge in [0.25, 0.3) is 0 Å². The van der Waals surface area contributed by atoms with E-state index in [0.717, 1.165) is 43.9 Å². The molecule has 0 aromatic heterocycles. The van der Waals surface area contributed by atoms with Gasteiger partial charge in [-0.15, -0.1) is 0 Å². The predicted molar refractivity (Wildman–Crippen MR) is 84.9 cm³/mol. The Labute approximate surface area is 140 Å². The molecule has 2 amide bonds. The summed E-state index contributed by atoms with van der Waals surface area (Å²) in [5, 5.41) is 5.64. The van der Waals surface area contributed by atoms with E-state index in [2.05, 4.69) is 10.6 Å². The highest BCUT2D eigenvalue weighted by molar-refractivity contribution is 5.81. The van der Waals surface area contributed by atoms with Crippen molar-refractivity contribution in [2.75, 3.05) is 6.54 Å². The first-order valence-electron chi connectivity index (χ1n) is 8.56. The fourth-order valence-electron chi connectivity index (χ4n) is 2.83. The second-order valence-electron chi connectivity index (χ2n) is 6.72. The molecule has 24 heavy (non-hydrogen) atoms. The van der Waals surface area contributed by atoms with E-state index in [0.29, 0.717) is 13.0 Å². The number of hydrogen-bond acceptors (Lipinski definition) is 2. The van der Waals surface area contributed by atoms with Crippen LogP contribution in [0, 0.1) is 23.5 Å². The lowest BCUT2D eigenvalue weighted by Crippen LogP contribution is -2.32. The number of halogens is 2. The van der Waals surface area contributed by atoms with Gasteiger partial charge in [0, 0.05) is 24.4 Å². The normalized spacial score (nSPS) is 18.1. The van der Waals surface area contributed by atoms with Crippen LogP contribution in [0.25, 0.3) is 0 Å². The molecule has 1 atom stereocenters. The van der Waals surface area contributed by atoms with Gasteiger partial charge in [-0.25, -0.2) is 8.78 Å². The molecule has 6 heteroatoms. The molecule has 0 spiro atoms. The van der Waals surface area contributed by atoms with E-state index in [4.69, 9.17) is 0 Å². The SMILES string of the molecule is O=C(CCCNC(=O)C1CC1)N[C@@H](c1cc(F)ccc1F)C1CC1. The number of rotatable bonds is 8. The lowest BCUT2D eigenvalue weighted by Gasteiger charge is -2.19. The monoisotopic (exact) mass is 336 g/mol. The standard InChI is InChI=1S/C18H22F2N2O2/c19-13-7-8-15(20)14(10-13)17(11-3-4-11)22-16(23)2-1-9-21-18(24)12-5-6-12/h7-8,10-12,17H,1-6,9H2,(H,21,24)(H,22,23)/t17-/m1/s1. The second kappa shape index (κ2) is 7.28. The molecule has 0 radical (unpaired) electrons. The number of benzene rings is 1. The summed E-state index contributed by atoms with van der Waals surface area (Å²) in [5.74, 6) is -0.808. The van der Waals surface area contributed by atoms with Gasteiger partial charge < -0.3 is 10.6 Å². The van der Waals surface area contributed by atoms with Crippen LogP contribution in [0.3, 0.4) is 0 Å². The summed E-state index contributed by atoms with van der Waals surface area (Å²) in [6, 6.07) is 2.86. The maximum atomic E-state index is 14.0. The van der Waals surface area contributed by atoms with Gasteiger partial charge in [-0.3, -0.25) is 9.59 Å². The van der Waals surface area contributed by atoms with E-state index >= 15 is 0 Å². The summed E-state index contributed by atoms with van der Waals surface area (Å²) in [6.45, 7) is 0.463. The number of nitrogens with one attached hydrogen (secondary N) is 2. The van der Waals surface area contributed by atoms with Gasteiger partial charge in [-0.2, -0.15) is 0 Å². The van der Waals surface area contributed by atoms with Gasteiger partial charge >= 0.3 is 0 Å². The molecule has 1 aromatic rings. The molecule has 2 fully saturated rings. The zero-order chi connectivity index (χ0) is 17.1. The Balaban J connectivity index is 1.49. The first kappa shape index (κ1) is 16.9. The van der Waals surface area contributed by atoms with Crippen LogP contribution in [0.4, 0.5) is 8.78 Å². The van der Waals surface area contributed by atoms with Gasteiger partial charge in [0.05, 0.1) is 6.04 Å². The highest BCUT2D eigenvalue weighted by Gasteiger charge is 2.35. The Morgan fingerprint density at radius 1 is 1.17 bits per heavy atom. The minimum absolute atomic E-state index is 0.0631. The van der Waals surface area contributed by atoms with Crippen molar-refractivity contribution in [3.05, 3.63) is 35.4 Å². The van der Waals surface area contributed by atoms with Crippen LogP contribution in [0.2, 0.25) is 0 Å². The highest BCUT2D eigenvalue weighted by atomic mass is 19.1. The van der Waals surface area contributed by atoms with Crippen LogP contribution >= 0.6 is 0 Å². The molecule has 0 saturated heterocycles. The van der Waals surface area contributed by atoms with E-state index in [1.807, 2.05) is 0 Å². The molecule has 2 saturated carbocycles. The van der Waals surface area contributed by atoms with Crippen molar-refractivity contribution in [2.24, 2.45) is 11.8 Å². The maximum absolute atomic E-state index is 14.0. The molecule has 4 nitrogen and oxygen atoms in total. The Morgan fingerprint density at radius 2 is 1.92 bits per heavy atom. The summed E-state index contributed by atoms with van der Waals surface area (Å²) in [7, 11) is 0. The number of hydrogen-bond donors (Lipinski definition) is 2. The van der Waals surface area contributed by atoms with Crippen molar-refractivity contribution in [2.45, 2.75) is 44.6 Å². The zero-order valence-electron chi connectivity index (χ0n) is 13.5. The van der Waals surface area contributed by atoms with E-state index in [1.54, 1.807) is 0 Å². The largest absolute Gasteiger partial charge is 0.356 e. The van der Waals surface area contributed by atoms with E-state index in [1.165, 1.54) is 0 Å². The average Bonchev–Trinajstić information content (AvgIpc) is 3.43. The Bertz CT molecular complexity index is 627. The fraction of sp³-hybridized carbons (Fsp3) is 0.556. The summed E-state index contributed by atoms with van der Waals surface area (Å²) < 4.78 is 27.4. The van der Waals surface area contributed by atoms with Crippen LogP contribution in [0.1, 0.15) is 50.1 Å². The first-order valence-corrected chi connectivity index (χ1v) is 8.56. The molecule has 2 aliphatic rings. The van der Waals surface area contributed by atoms with Gasteiger partial charge in [-0.1, -0.05) is 0 Å². The quantitative estimate of drug-likeness (QED) is 0.717. The molecular weight excluding hydrogens is 314 g/mol. The van der Waals surface area contributed by atoms with Crippen molar-refractivity contribution in [3.8, 4) is 0 Å². The molecule has 1 aromatic carbocycles.